The van der Waals surface area contributed by atoms with Crippen LogP contribution in [0.15, 0.2) is 36.4 Å². The standard InChI is InChI=1S/C14H14N4/c1-9-11(8-15)7-14(18-17-9)13-6-10-4-2-3-5-12(10)16-13/h2-7,16H,8,15H2,1H3. The third-order valence-electron chi connectivity index (χ3n) is 3.11. The van der Waals surface area contributed by atoms with Crippen LogP contribution in [0, 0.1) is 6.92 Å². The lowest BCUT2D eigenvalue weighted by Crippen LogP contribution is -2.03. The average molecular weight is 238 g/mol. The lowest BCUT2D eigenvalue weighted by molar-refractivity contribution is 0.922. The van der Waals surface area contributed by atoms with Crippen molar-refractivity contribution < 1.29 is 0 Å². The molecule has 0 fully saturated rings. The molecule has 90 valence electrons. The molecule has 2 aromatic heterocycles. The number of nitrogens with one attached hydrogen (secondary N) is 1. The minimum atomic E-state index is 0.481. The van der Waals surface area contributed by atoms with Gasteiger partial charge in [-0.1, -0.05) is 18.2 Å². The van der Waals surface area contributed by atoms with Crippen LogP contribution < -0.4 is 5.73 Å². The third kappa shape index (κ3) is 1.76. The molecule has 0 aliphatic heterocycles. The number of fused-ring (bicyclic) bond motifs is 1. The Morgan fingerprint density at radius 1 is 1.17 bits per heavy atom. The van der Waals surface area contributed by atoms with Gasteiger partial charge in [-0.05, 0) is 30.7 Å². The van der Waals surface area contributed by atoms with Gasteiger partial charge in [0.2, 0.25) is 0 Å². The van der Waals surface area contributed by atoms with E-state index in [-0.39, 0.29) is 0 Å². The van der Waals surface area contributed by atoms with Crippen LogP contribution in [0.2, 0.25) is 0 Å². The van der Waals surface area contributed by atoms with Gasteiger partial charge < -0.3 is 10.7 Å². The maximum atomic E-state index is 5.69. The summed E-state index contributed by atoms with van der Waals surface area (Å²) in [4.78, 5) is 3.34. The molecular formula is C14H14N4. The minimum Gasteiger partial charge on any atom is -0.353 e. The van der Waals surface area contributed by atoms with Gasteiger partial charge in [0.1, 0.15) is 5.69 Å². The monoisotopic (exact) mass is 238 g/mol. The molecule has 0 aliphatic rings. The van der Waals surface area contributed by atoms with Crippen LogP contribution in [0.25, 0.3) is 22.3 Å². The predicted molar refractivity (Wildman–Crippen MR) is 72.0 cm³/mol. The van der Waals surface area contributed by atoms with Crippen LogP contribution in [-0.4, -0.2) is 15.2 Å². The van der Waals surface area contributed by atoms with Crippen molar-refractivity contribution in [2.24, 2.45) is 5.73 Å². The number of hydrogen-bond donors (Lipinski definition) is 2. The number of aryl methyl sites for hydroxylation is 1. The van der Waals surface area contributed by atoms with E-state index < -0.39 is 0 Å². The first-order valence-corrected chi connectivity index (χ1v) is 5.89. The van der Waals surface area contributed by atoms with Crippen LogP contribution in [0.4, 0.5) is 0 Å². The number of H-pyrrole nitrogens is 1. The van der Waals surface area contributed by atoms with E-state index in [1.165, 1.54) is 5.39 Å². The first-order chi connectivity index (χ1) is 8.78. The molecule has 4 heteroatoms. The molecule has 0 bridgehead atoms. The Kier molecular flexibility index (Phi) is 2.57. The minimum absolute atomic E-state index is 0.481. The van der Waals surface area contributed by atoms with Gasteiger partial charge in [-0.15, -0.1) is 5.10 Å². The third-order valence-corrected chi connectivity index (χ3v) is 3.11. The Morgan fingerprint density at radius 3 is 2.78 bits per heavy atom. The molecule has 3 N–H and O–H groups in total. The number of aromatic nitrogens is 3. The molecule has 0 aliphatic carbocycles. The quantitative estimate of drug-likeness (QED) is 0.720. The van der Waals surface area contributed by atoms with Crippen molar-refractivity contribution in [3.8, 4) is 11.4 Å². The van der Waals surface area contributed by atoms with Crippen molar-refractivity contribution >= 4 is 10.9 Å². The molecule has 0 spiro atoms. The Hall–Kier alpha value is -2.20. The summed E-state index contributed by atoms with van der Waals surface area (Å²) in [6, 6.07) is 12.2. The molecule has 0 unspecified atom stereocenters. The SMILES string of the molecule is Cc1nnc(-c2cc3ccccc3[nH]2)cc1CN. The summed E-state index contributed by atoms with van der Waals surface area (Å²) in [7, 11) is 0. The Bertz CT molecular complexity index is 667. The first kappa shape index (κ1) is 10.9. The summed E-state index contributed by atoms with van der Waals surface area (Å²) >= 11 is 0. The number of hydrogen-bond acceptors (Lipinski definition) is 3. The van der Waals surface area contributed by atoms with E-state index in [1.54, 1.807) is 0 Å². The highest BCUT2D eigenvalue weighted by Crippen LogP contribution is 2.23. The average Bonchev–Trinajstić information content (AvgIpc) is 2.83. The van der Waals surface area contributed by atoms with Crippen molar-refractivity contribution in [1.82, 2.24) is 15.2 Å². The van der Waals surface area contributed by atoms with Crippen LogP contribution >= 0.6 is 0 Å². The van der Waals surface area contributed by atoms with E-state index in [2.05, 4.69) is 27.3 Å². The normalized spacial score (nSPS) is 11.0. The fraction of sp³-hybridized carbons (Fsp3) is 0.143. The molecule has 0 radical (unpaired) electrons. The van der Waals surface area contributed by atoms with Crippen molar-refractivity contribution in [3.63, 3.8) is 0 Å². The highest BCUT2D eigenvalue weighted by molar-refractivity contribution is 5.85. The number of rotatable bonds is 2. The fourth-order valence-corrected chi connectivity index (χ4v) is 2.04. The molecule has 0 saturated heterocycles. The fourth-order valence-electron chi connectivity index (χ4n) is 2.04. The number of benzene rings is 1. The van der Waals surface area contributed by atoms with E-state index in [0.29, 0.717) is 6.54 Å². The van der Waals surface area contributed by atoms with Crippen molar-refractivity contribution in [2.75, 3.05) is 0 Å². The maximum absolute atomic E-state index is 5.69. The number of nitrogens with two attached hydrogens (primary N) is 1. The molecule has 0 amide bonds. The smallest absolute Gasteiger partial charge is 0.110 e. The molecule has 18 heavy (non-hydrogen) atoms. The lowest BCUT2D eigenvalue weighted by atomic mass is 10.1. The Morgan fingerprint density at radius 2 is 2.00 bits per heavy atom. The van der Waals surface area contributed by atoms with E-state index in [0.717, 1.165) is 28.2 Å². The van der Waals surface area contributed by atoms with Gasteiger partial charge >= 0.3 is 0 Å². The van der Waals surface area contributed by atoms with Gasteiger partial charge in [0.15, 0.2) is 0 Å². The Balaban J connectivity index is 2.13. The van der Waals surface area contributed by atoms with Crippen molar-refractivity contribution in [3.05, 3.63) is 47.7 Å². The first-order valence-electron chi connectivity index (χ1n) is 5.89. The Labute approximate surface area is 105 Å². The molecule has 1 aromatic carbocycles. The van der Waals surface area contributed by atoms with Gasteiger partial charge in [-0.25, -0.2) is 0 Å². The summed E-state index contributed by atoms with van der Waals surface area (Å²) in [5, 5.41) is 9.53. The number of aromatic amines is 1. The molecule has 4 nitrogen and oxygen atoms in total. The summed E-state index contributed by atoms with van der Waals surface area (Å²) in [5.41, 5.74) is 10.5. The van der Waals surface area contributed by atoms with E-state index in [4.69, 9.17) is 5.73 Å². The second kappa shape index (κ2) is 4.23. The van der Waals surface area contributed by atoms with Gasteiger partial charge in [0.25, 0.3) is 0 Å². The number of para-hydroxylation sites is 1. The molecule has 2 heterocycles. The maximum Gasteiger partial charge on any atom is 0.110 e. The molecule has 0 saturated carbocycles. The van der Waals surface area contributed by atoms with Crippen molar-refractivity contribution in [2.45, 2.75) is 13.5 Å². The summed E-state index contributed by atoms with van der Waals surface area (Å²) < 4.78 is 0. The van der Waals surface area contributed by atoms with Crippen molar-refractivity contribution in [1.29, 1.82) is 0 Å². The van der Waals surface area contributed by atoms with Crippen LogP contribution in [0.1, 0.15) is 11.3 Å². The predicted octanol–water partition coefficient (Wildman–Crippen LogP) is 2.39. The largest absolute Gasteiger partial charge is 0.353 e. The van der Waals surface area contributed by atoms with Crippen LogP contribution in [-0.2, 0) is 6.54 Å². The van der Waals surface area contributed by atoms with Gasteiger partial charge in [0.05, 0.1) is 11.4 Å². The summed E-state index contributed by atoms with van der Waals surface area (Å²) in [5.74, 6) is 0. The van der Waals surface area contributed by atoms with Gasteiger partial charge in [0, 0.05) is 17.4 Å². The second-order valence-electron chi connectivity index (χ2n) is 4.31. The molecule has 0 atom stereocenters. The van der Waals surface area contributed by atoms with Crippen LogP contribution in [0.3, 0.4) is 0 Å². The summed E-state index contributed by atoms with van der Waals surface area (Å²) in [6.45, 7) is 2.40. The highest BCUT2D eigenvalue weighted by Gasteiger charge is 2.07. The molecular weight excluding hydrogens is 224 g/mol. The zero-order chi connectivity index (χ0) is 12.5. The highest BCUT2D eigenvalue weighted by atomic mass is 15.1. The van der Waals surface area contributed by atoms with Crippen LogP contribution in [0.5, 0.6) is 0 Å². The van der Waals surface area contributed by atoms with Gasteiger partial charge in [-0.2, -0.15) is 5.10 Å². The zero-order valence-corrected chi connectivity index (χ0v) is 10.1. The topological polar surface area (TPSA) is 67.6 Å². The second-order valence-corrected chi connectivity index (χ2v) is 4.31. The number of nitrogens with zero attached hydrogens (tertiary/aromatic N) is 2. The van der Waals surface area contributed by atoms with Gasteiger partial charge in [-0.3, -0.25) is 0 Å². The molecule has 3 rings (SSSR count). The lowest BCUT2D eigenvalue weighted by Gasteiger charge is -2.03. The van der Waals surface area contributed by atoms with E-state index >= 15 is 0 Å². The van der Waals surface area contributed by atoms with E-state index in [9.17, 15) is 0 Å². The summed E-state index contributed by atoms with van der Waals surface area (Å²) in [6.07, 6.45) is 0. The zero-order valence-electron chi connectivity index (χ0n) is 10.1. The van der Waals surface area contributed by atoms with E-state index in [1.807, 2.05) is 31.2 Å². The molecule has 3 aromatic rings.